The number of hydrogen-bond donors (Lipinski definition) is 0. The van der Waals surface area contributed by atoms with Crippen LogP contribution >= 0.6 is 0 Å². The van der Waals surface area contributed by atoms with Crippen molar-refractivity contribution in [3.8, 4) is 11.1 Å². The summed E-state index contributed by atoms with van der Waals surface area (Å²) < 4.78 is 12.7. The van der Waals surface area contributed by atoms with Gasteiger partial charge in [-0.25, -0.2) is 9.97 Å². The molecule has 4 unspecified atom stereocenters. The molecule has 0 saturated heterocycles. The number of hydrogen-bond acceptors (Lipinski definition) is 5. The highest BCUT2D eigenvalue weighted by Gasteiger charge is 2.90. The fourth-order valence-electron chi connectivity index (χ4n) is 12.1. The summed E-state index contributed by atoms with van der Waals surface area (Å²) in [7, 11) is 0. The summed E-state index contributed by atoms with van der Waals surface area (Å²) in [5.41, 5.74) is 12.9. The molecule has 4 saturated carbocycles. The minimum Gasteiger partial charge on any atom is -0.438 e. The van der Waals surface area contributed by atoms with Crippen molar-refractivity contribution in [3.05, 3.63) is 127 Å². The van der Waals surface area contributed by atoms with Crippen LogP contribution in [0.15, 0.2) is 124 Å². The van der Waals surface area contributed by atoms with Crippen LogP contribution in [0.3, 0.4) is 0 Å². The Hall–Kier alpha value is -5.42. The van der Waals surface area contributed by atoms with E-state index in [0.29, 0.717) is 16.8 Å². The van der Waals surface area contributed by atoms with Gasteiger partial charge < -0.3 is 13.7 Å². The van der Waals surface area contributed by atoms with Gasteiger partial charge in [-0.15, -0.1) is 0 Å². The topological polar surface area (TPSA) is 55.3 Å². The summed E-state index contributed by atoms with van der Waals surface area (Å²) in [4.78, 5) is 11.4. The predicted octanol–water partition coefficient (Wildman–Crippen LogP) is 10.7. The molecule has 5 heteroatoms. The number of anilines is 3. The third-order valence-corrected chi connectivity index (χ3v) is 13.7. The molecule has 4 atom stereocenters. The smallest absolute Gasteiger partial charge is 0.227 e. The van der Waals surface area contributed by atoms with Crippen molar-refractivity contribution in [1.29, 1.82) is 0 Å². The van der Waals surface area contributed by atoms with Gasteiger partial charge in [0.1, 0.15) is 11.2 Å². The Bertz CT molecular complexity index is 2600. The second kappa shape index (κ2) is 7.99. The maximum Gasteiger partial charge on any atom is 0.227 e. The molecule has 48 heavy (non-hydrogen) atoms. The highest BCUT2D eigenvalue weighted by atomic mass is 16.3. The average molecular weight is 620 g/mol. The molecule has 2 spiro atoms. The minimum absolute atomic E-state index is 0.143. The molecule has 0 bridgehead atoms. The second-order valence-electron chi connectivity index (χ2n) is 14.9. The molecule has 4 aromatic carbocycles. The Kier molecular flexibility index (Phi) is 4.11. The molecule has 0 aliphatic heterocycles. The van der Waals surface area contributed by atoms with Gasteiger partial charge >= 0.3 is 0 Å². The van der Waals surface area contributed by atoms with Crippen LogP contribution in [0.2, 0.25) is 0 Å². The van der Waals surface area contributed by atoms with Gasteiger partial charge in [0.2, 0.25) is 11.4 Å². The van der Waals surface area contributed by atoms with Crippen molar-refractivity contribution in [2.24, 2.45) is 29.1 Å². The van der Waals surface area contributed by atoms with Crippen molar-refractivity contribution in [1.82, 2.24) is 9.97 Å². The van der Waals surface area contributed by atoms with E-state index < -0.39 is 0 Å². The molecule has 5 nitrogen and oxygen atoms in total. The van der Waals surface area contributed by atoms with E-state index >= 15 is 0 Å². The molecular weight excluding hydrogens is 590 g/mol. The molecule has 5 aliphatic rings. The number of benzene rings is 4. The Morgan fingerprint density at radius 1 is 0.583 bits per heavy atom. The number of fused-ring (bicyclic) bond motifs is 13. The van der Waals surface area contributed by atoms with Gasteiger partial charge in [-0.3, -0.25) is 0 Å². The lowest BCUT2D eigenvalue weighted by Gasteiger charge is -2.92. The van der Waals surface area contributed by atoms with Gasteiger partial charge in [0.05, 0.1) is 5.69 Å². The highest BCUT2D eigenvalue weighted by molar-refractivity contribution is 6.07. The molecule has 8 aromatic rings. The van der Waals surface area contributed by atoms with E-state index in [-0.39, 0.29) is 5.41 Å². The lowest BCUT2D eigenvalue weighted by Crippen LogP contribution is -2.88. The third kappa shape index (κ3) is 2.50. The largest absolute Gasteiger partial charge is 0.438 e. The summed E-state index contributed by atoms with van der Waals surface area (Å²) in [6.45, 7) is 0. The maximum absolute atomic E-state index is 6.35. The van der Waals surface area contributed by atoms with Crippen LogP contribution in [0.25, 0.3) is 55.3 Å². The van der Waals surface area contributed by atoms with Gasteiger partial charge in [-0.05, 0) is 120 Å². The van der Waals surface area contributed by atoms with Crippen molar-refractivity contribution < 1.29 is 8.83 Å². The van der Waals surface area contributed by atoms with Gasteiger partial charge in [0.15, 0.2) is 0 Å². The predicted molar refractivity (Wildman–Crippen MR) is 188 cm³/mol. The molecule has 13 rings (SSSR count). The zero-order valence-electron chi connectivity index (χ0n) is 26.1. The Morgan fingerprint density at radius 3 is 1.85 bits per heavy atom. The van der Waals surface area contributed by atoms with Crippen LogP contribution < -0.4 is 4.90 Å². The number of pyridine rings is 2. The molecule has 0 N–H and O–H groups in total. The second-order valence-corrected chi connectivity index (χ2v) is 14.9. The van der Waals surface area contributed by atoms with E-state index in [2.05, 4.69) is 106 Å². The Balaban J connectivity index is 1.08. The molecule has 0 radical (unpaired) electrons. The molecule has 0 amide bonds. The standard InChI is InChI=1S/C43H29N3O2/c1-2-9-32-31(6-1)39-33(43(32)37-19-23-18-24-20-38(43)42(23,24)37)10-3-11-34(39)46(25-12-14-27-29-7-4-16-44-40(29)47-35(27)21-25)26-13-15-28-30-8-5-17-45-41(30)48-36(28)22-26/h1-17,21-24,37-38H,18-20H2. The number of aromatic nitrogens is 2. The van der Waals surface area contributed by atoms with Crippen molar-refractivity contribution in [3.63, 3.8) is 0 Å². The number of furan rings is 2. The Labute approximate surface area is 275 Å². The summed E-state index contributed by atoms with van der Waals surface area (Å²) in [5, 5.41) is 4.21. The van der Waals surface area contributed by atoms with Crippen molar-refractivity contribution in [2.75, 3.05) is 4.90 Å². The monoisotopic (exact) mass is 619 g/mol. The van der Waals surface area contributed by atoms with Crippen molar-refractivity contribution in [2.45, 2.75) is 24.7 Å². The summed E-state index contributed by atoms with van der Waals surface area (Å²) in [5.74, 6) is 3.50. The molecule has 4 fully saturated rings. The minimum atomic E-state index is 0.143. The lowest BCUT2D eigenvalue weighted by molar-refractivity contribution is -0.412. The summed E-state index contributed by atoms with van der Waals surface area (Å²) in [6.07, 6.45) is 7.84. The normalized spacial score (nSPS) is 28.3. The van der Waals surface area contributed by atoms with Crippen LogP contribution in [0, 0.1) is 29.1 Å². The first-order valence-corrected chi connectivity index (χ1v) is 17.3. The molecule has 5 aliphatic carbocycles. The Morgan fingerprint density at radius 2 is 1.21 bits per heavy atom. The highest BCUT2D eigenvalue weighted by Crippen LogP contribution is 2.95. The molecule has 4 heterocycles. The first-order chi connectivity index (χ1) is 23.8. The third-order valence-electron chi connectivity index (χ3n) is 13.7. The number of nitrogens with zero attached hydrogens (tertiary/aromatic N) is 3. The van der Waals surface area contributed by atoms with Crippen LogP contribution in [0.1, 0.15) is 30.4 Å². The van der Waals surface area contributed by atoms with E-state index in [1.807, 2.05) is 12.1 Å². The van der Waals surface area contributed by atoms with E-state index in [4.69, 9.17) is 8.83 Å². The van der Waals surface area contributed by atoms with Crippen LogP contribution in [0.5, 0.6) is 0 Å². The zero-order valence-corrected chi connectivity index (χ0v) is 26.1. The van der Waals surface area contributed by atoms with Gasteiger partial charge in [-0.1, -0.05) is 36.4 Å². The fraction of sp³-hybridized carbons (Fsp3) is 0.209. The van der Waals surface area contributed by atoms with Crippen LogP contribution in [-0.2, 0) is 5.41 Å². The van der Waals surface area contributed by atoms with Crippen molar-refractivity contribution >= 4 is 61.2 Å². The zero-order chi connectivity index (χ0) is 30.9. The van der Waals surface area contributed by atoms with E-state index in [1.54, 1.807) is 23.5 Å². The average Bonchev–Trinajstić information content (AvgIpc) is 3.75. The van der Waals surface area contributed by atoms with E-state index in [0.717, 1.165) is 67.8 Å². The molecular formula is C43H29N3O2. The summed E-state index contributed by atoms with van der Waals surface area (Å²) >= 11 is 0. The first-order valence-electron chi connectivity index (χ1n) is 17.3. The summed E-state index contributed by atoms with van der Waals surface area (Å²) in [6, 6.07) is 37.7. The van der Waals surface area contributed by atoms with E-state index in [1.165, 1.54) is 36.1 Å². The van der Waals surface area contributed by atoms with Gasteiger partial charge in [-0.2, -0.15) is 0 Å². The van der Waals surface area contributed by atoms with E-state index in [9.17, 15) is 0 Å². The maximum atomic E-state index is 6.35. The number of rotatable bonds is 3. The lowest BCUT2D eigenvalue weighted by atomic mass is 9.11. The van der Waals surface area contributed by atoms with Gasteiger partial charge in [0.25, 0.3) is 0 Å². The van der Waals surface area contributed by atoms with Crippen LogP contribution in [-0.4, -0.2) is 9.97 Å². The van der Waals surface area contributed by atoms with Crippen LogP contribution in [0.4, 0.5) is 17.1 Å². The fourth-order valence-corrected chi connectivity index (χ4v) is 12.1. The first kappa shape index (κ1) is 24.7. The molecule has 4 aromatic heterocycles. The molecule has 228 valence electrons. The quantitative estimate of drug-likeness (QED) is 0.197. The SMILES string of the molecule is c1ccc2c(c1)-c1c(N(c3ccc4c(c3)oc3ncccc34)c3ccc4c(c3)oc3ncccc34)cccc1C21C2CC3CC4CC1C342. The van der Waals surface area contributed by atoms with Gasteiger partial charge in [0, 0.05) is 68.4 Å².